The lowest BCUT2D eigenvalue weighted by Crippen LogP contribution is -2.37. The molecule has 0 saturated heterocycles. The highest BCUT2D eigenvalue weighted by Gasteiger charge is 2.27. The van der Waals surface area contributed by atoms with Crippen LogP contribution in [0.25, 0.3) is 0 Å². The Kier molecular flexibility index (Phi) is 64.4. The van der Waals surface area contributed by atoms with Crippen molar-refractivity contribution in [3.8, 4) is 0 Å². The van der Waals surface area contributed by atoms with Crippen LogP contribution < -0.4 is 0 Å². The number of carbonyl (C=O) groups is 2. The fraction of sp³-hybridized carbons (Fsp3) is 0.840. The van der Waals surface area contributed by atoms with Gasteiger partial charge in [-0.05, 0) is 57.8 Å². The highest BCUT2D eigenvalue weighted by Crippen LogP contribution is 2.43. The molecule has 2 unspecified atom stereocenters. The fourth-order valence-electron chi connectivity index (χ4n) is 10.8. The molecule has 10 heteroatoms. The first-order valence-corrected chi connectivity index (χ1v) is 38.0. The van der Waals surface area contributed by atoms with Gasteiger partial charge in [0.15, 0.2) is 6.10 Å². The first-order chi connectivity index (χ1) is 41.5. The van der Waals surface area contributed by atoms with Crippen LogP contribution in [0, 0.1) is 0 Å². The number of phosphoric acid groups is 1. The summed E-state index contributed by atoms with van der Waals surface area (Å²) < 4.78 is 34.8. The summed E-state index contributed by atoms with van der Waals surface area (Å²) in [6.07, 6.45) is 87.7. The second-order valence-electron chi connectivity index (χ2n) is 26.0. The molecule has 85 heavy (non-hydrogen) atoms. The molecule has 0 bridgehead atoms. The molecule has 498 valence electrons. The van der Waals surface area contributed by atoms with Crippen molar-refractivity contribution in [1.82, 2.24) is 0 Å². The van der Waals surface area contributed by atoms with Crippen molar-refractivity contribution < 1.29 is 42.1 Å². The molecule has 0 spiro atoms. The molecule has 0 fully saturated rings. The van der Waals surface area contributed by atoms with Crippen molar-refractivity contribution in [3.05, 3.63) is 60.8 Å². The van der Waals surface area contributed by atoms with Gasteiger partial charge in [0.1, 0.15) is 19.8 Å². The van der Waals surface area contributed by atoms with Crippen LogP contribution in [0.15, 0.2) is 60.8 Å². The van der Waals surface area contributed by atoms with Crippen molar-refractivity contribution in [2.75, 3.05) is 47.5 Å². The number of hydrogen-bond acceptors (Lipinski definition) is 7. The summed E-state index contributed by atoms with van der Waals surface area (Å²) in [5.74, 6) is -0.776. The average Bonchev–Trinajstić information content (AvgIpc) is 3.51. The van der Waals surface area contributed by atoms with Crippen LogP contribution in [0.5, 0.6) is 0 Å². The van der Waals surface area contributed by atoms with E-state index in [1.165, 1.54) is 257 Å². The zero-order valence-electron chi connectivity index (χ0n) is 56.9. The standard InChI is InChI=1S/C75H140NO8P/c1-6-8-10-12-14-16-18-20-22-24-26-28-30-32-34-35-36-37-38-39-40-41-42-44-46-48-50-52-54-56-58-60-62-64-66-68-75(78)84-73(72-83-85(79,80)82-70-69-76(3,4)5)71-81-74(77)67-65-63-61-59-57-55-53-51-49-47-45-43-33-31-29-27-25-23-21-19-17-15-13-11-9-7-2/h8,10,14,16,20,22,26,28,32,34,73H,6-7,9,11-13,15,17-19,21,23-25,27,29-31,33,35-72H2,1-5H3/p+1/b10-8-,16-14-,22-20-,28-26-,34-32-. The molecule has 0 aromatic carbocycles. The fourth-order valence-corrected chi connectivity index (χ4v) is 11.5. The number of quaternary nitrogens is 1. The molecule has 0 aromatic rings. The van der Waals surface area contributed by atoms with Gasteiger partial charge in [-0.2, -0.15) is 0 Å². The smallest absolute Gasteiger partial charge is 0.462 e. The van der Waals surface area contributed by atoms with E-state index < -0.39 is 26.5 Å². The maximum atomic E-state index is 12.9. The molecule has 0 aromatic heterocycles. The zero-order chi connectivity index (χ0) is 61.9. The lowest BCUT2D eigenvalue weighted by atomic mass is 10.0. The minimum absolute atomic E-state index is 0.0339. The lowest BCUT2D eigenvalue weighted by Gasteiger charge is -2.24. The van der Waals surface area contributed by atoms with E-state index in [2.05, 4.69) is 74.6 Å². The Morgan fingerprint density at radius 2 is 0.671 bits per heavy atom. The van der Waals surface area contributed by atoms with Crippen molar-refractivity contribution in [1.29, 1.82) is 0 Å². The van der Waals surface area contributed by atoms with Gasteiger partial charge in [0.2, 0.25) is 0 Å². The van der Waals surface area contributed by atoms with Crippen molar-refractivity contribution in [2.45, 2.75) is 360 Å². The Bertz CT molecular complexity index is 1620. The summed E-state index contributed by atoms with van der Waals surface area (Å²) in [6, 6.07) is 0. The van der Waals surface area contributed by atoms with Gasteiger partial charge < -0.3 is 18.9 Å². The number of likely N-dealkylation sites (N-methyl/N-ethyl adjacent to an activating group) is 1. The third-order valence-electron chi connectivity index (χ3n) is 16.3. The maximum absolute atomic E-state index is 12.9. The number of esters is 2. The Morgan fingerprint density at radius 1 is 0.376 bits per heavy atom. The van der Waals surface area contributed by atoms with Gasteiger partial charge in [0.05, 0.1) is 27.7 Å². The molecule has 2 atom stereocenters. The quantitative estimate of drug-likeness (QED) is 0.0211. The molecule has 9 nitrogen and oxygen atoms in total. The van der Waals surface area contributed by atoms with Gasteiger partial charge in [-0.25, -0.2) is 4.57 Å². The topological polar surface area (TPSA) is 108 Å². The van der Waals surface area contributed by atoms with Gasteiger partial charge in [-0.15, -0.1) is 0 Å². The van der Waals surface area contributed by atoms with Crippen molar-refractivity contribution in [3.63, 3.8) is 0 Å². The van der Waals surface area contributed by atoms with Gasteiger partial charge in [0, 0.05) is 12.8 Å². The molecular formula is C75H141NO8P+. The second-order valence-corrected chi connectivity index (χ2v) is 27.4. The number of ether oxygens (including phenoxy) is 2. The predicted octanol–water partition coefficient (Wildman–Crippen LogP) is 23.8. The molecule has 0 aliphatic heterocycles. The molecule has 0 aliphatic rings. The first-order valence-electron chi connectivity index (χ1n) is 36.5. The monoisotopic (exact) mass is 1220 g/mol. The summed E-state index contributed by atoms with van der Waals surface area (Å²) in [5.41, 5.74) is 0. The Morgan fingerprint density at radius 3 is 1.00 bits per heavy atom. The third-order valence-corrected chi connectivity index (χ3v) is 17.3. The van der Waals surface area contributed by atoms with Gasteiger partial charge in [0.25, 0.3) is 0 Å². The molecule has 0 saturated carbocycles. The summed E-state index contributed by atoms with van der Waals surface area (Å²) in [6.45, 7) is 4.39. The summed E-state index contributed by atoms with van der Waals surface area (Å²) in [4.78, 5) is 35.9. The third kappa shape index (κ3) is 70.7. The van der Waals surface area contributed by atoms with Gasteiger partial charge >= 0.3 is 19.8 Å². The summed E-state index contributed by atoms with van der Waals surface area (Å²) in [5, 5.41) is 0. The minimum atomic E-state index is -4.39. The predicted molar refractivity (Wildman–Crippen MR) is 367 cm³/mol. The SMILES string of the molecule is CC/C=C\C/C=C\C/C=C\C/C=C\C/C=C\CCCCCCCCCCCCCCCCCCCCCC(=O)OC(COC(=O)CCCCCCCCCCCCCCCCCCCCCCCCCCCC)COP(=O)(O)OCC[N+](C)(C)C. The van der Waals surface area contributed by atoms with Crippen LogP contribution in [-0.4, -0.2) is 74.9 Å². The number of phosphoric ester groups is 1. The number of rotatable bonds is 68. The number of unbranched alkanes of at least 4 members (excludes halogenated alkanes) is 44. The minimum Gasteiger partial charge on any atom is -0.462 e. The van der Waals surface area contributed by atoms with E-state index in [0.717, 1.165) is 64.2 Å². The molecular weight excluding hydrogens is 1070 g/mol. The Labute approximate surface area is 527 Å². The van der Waals surface area contributed by atoms with Crippen LogP contribution in [0.1, 0.15) is 354 Å². The largest absolute Gasteiger partial charge is 0.472 e. The highest BCUT2D eigenvalue weighted by atomic mass is 31.2. The van der Waals surface area contributed by atoms with E-state index in [0.29, 0.717) is 23.9 Å². The molecule has 0 heterocycles. The number of nitrogens with zero attached hydrogens (tertiary/aromatic N) is 1. The van der Waals surface area contributed by atoms with Crippen LogP contribution in [0.3, 0.4) is 0 Å². The molecule has 0 amide bonds. The second kappa shape index (κ2) is 66.1. The highest BCUT2D eigenvalue weighted by molar-refractivity contribution is 7.47. The van der Waals surface area contributed by atoms with E-state index in [4.69, 9.17) is 18.5 Å². The zero-order valence-corrected chi connectivity index (χ0v) is 57.7. The molecule has 0 aliphatic carbocycles. The Hall–Kier alpha value is -2.29. The summed E-state index contributed by atoms with van der Waals surface area (Å²) >= 11 is 0. The van der Waals surface area contributed by atoms with E-state index in [1.54, 1.807) is 0 Å². The number of hydrogen-bond donors (Lipinski definition) is 1. The lowest BCUT2D eigenvalue weighted by molar-refractivity contribution is -0.870. The van der Waals surface area contributed by atoms with E-state index in [1.807, 2.05) is 21.1 Å². The number of allylic oxidation sites excluding steroid dienone is 10. The van der Waals surface area contributed by atoms with Crippen LogP contribution in [-0.2, 0) is 32.7 Å². The van der Waals surface area contributed by atoms with Crippen LogP contribution in [0.4, 0.5) is 0 Å². The van der Waals surface area contributed by atoms with E-state index >= 15 is 0 Å². The van der Waals surface area contributed by atoms with Gasteiger partial charge in [-0.3, -0.25) is 18.6 Å². The van der Waals surface area contributed by atoms with Gasteiger partial charge in [-0.1, -0.05) is 344 Å². The Balaban J connectivity index is 3.97. The van der Waals surface area contributed by atoms with E-state index in [-0.39, 0.29) is 25.6 Å². The van der Waals surface area contributed by atoms with Crippen molar-refractivity contribution in [2.24, 2.45) is 0 Å². The average molecular weight is 1220 g/mol. The summed E-state index contributed by atoms with van der Waals surface area (Å²) in [7, 11) is 1.50. The van der Waals surface area contributed by atoms with E-state index in [9.17, 15) is 19.0 Å². The normalized spacial score (nSPS) is 13.4. The van der Waals surface area contributed by atoms with Crippen molar-refractivity contribution >= 4 is 19.8 Å². The van der Waals surface area contributed by atoms with Crippen LogP contribution in [0.2, 0.25) is 0 Å². The molecule has 1 N–H and O–H groups in total. The number of carbonyl (C=O) groups excluding carboxylic acids is 2. The molecule has 0 radical (unpaired) electrons. The molecule has 0 rings (SSSR count). The maximum Gasteiger partial charge on any atom is 0.472 e. The van der Waals surface area contributed by atoms with Crippen LogP contribution >= 0.6 is 7.82 Å². The first kappa shape index (κ1) is 82.7.